The Labute approximate surface area is 265 Å². The van der Waals surface area contributed by atoms with Crippen molar-refractivity contribution in [3.8, 4) is 11.5 Å². The van der Waals surface area contributed by atoms with Crippen molar-refractivity contribution in [3.05, 3.63) is 129 Å². The molecule has 2 amide bonds. The molecular formula is C34H26F3N3O7. The summed E-state index contributed by atoms with van der Waals surface area (Å²) >= 11 is 0. The van der Waals surface area contributed by atoms with Gasteiger partial charge in [-0.15, -0.1) is 0 Å². The van der Waals surface area contributed by atoms with Crippen LogP contribution in [0.15, 0.2) is 97.1 Å². The Bertz CT molecular complexity index is 1910. The zero-order chi connectivity index (χ0) is 33.7. The first-order chi connectivity index (χ1) is 22.3. The van der Waals surface area contributed by atoms with Crippen LogP contribution in [-0.4, -0.2) is 33.4 Å². The van der Waals surface area contributed by atoms with Crippen molar-refractivity contribution in [3.63, 3.8) is 0 Å². The molecule has 6 rings (SSSR count). The SMILES string of the molecule is Cc1ccccc1N1C(=O)C2C(c3cccc(Oc4cccc(C(F)(F)F)c4)c3)NC(Cc3ccc([N+](=O)[O-])cc3)(C(=O)O)C2C1=O. The predicted octanol–water partition coefficient (Wildman–Crippen LogP) is 6.23. The number of anilines is 1. The van der Waals surface area contributed by atoms with Crippen LogP contribution in [0.1, 0.15) is 28.3 Å². The van der Waals surface area contributed by atoms with Crippen LogP contribution in [-0.2, 0) is 27.0 Å². The molecule has 4 unspecified atom stereocenters. The second-order valence-electron chi connectivity index (χ2n) is 11.5. The number of hydrogen-bond acceptors (Lipinski definition) is 7. The molecule has 0 aliphatic carbocycles. The van der Waals surface area contributed by atoms with Crippen LogP contribution in [0.25, 0.3) is 0 Å². The Morgan fingerprint density at radius 3 is 2.26 bits per heavy atom. The normalized spacial score (nSPS) is 22.3. The summed E-state index contributed by atoms with van der Waals surface area (Å²) in [4.78, 5) is 53.2. The van der Waals surface area contributed by atoms with Gasteiger partial charge >= 0.3 is 12.1 Å². The predicted molar refractivity (Wildman–Crippen MR) is 162 cm³/mol. The van der Waals surface area contributed by atoms with E-state index in [2.05, 4.69) is 5.32 Å². The Kier molecular flexibility index (Phi) is 7.80. The second-order valence-corrected chi connectivity index (χ2v) is 11.5. The molecule has 4 atom stereocenters. The van der Waals surface area contributed by atoms with Crippen molar-refractivity contribution in [1.29, 1.82) is 0 Å². The number of nitrogens with one attached hydrogen (secondary N) is 1. The zero-order valence-electron chi connectivity index (χ0n) is 24.6. The number of benzene rings is 4. The summed E-state index contributed by atoms with van der Waals surface area (Å²) in [6.07, 6.45) is -4.88. The van der Waals surface area contributed by atoms with Crippen molar-refractivity contribution in [2.75, 3.05) is 4.90 Å². The van der Waals surface area contributed by atoms with Crippen LogP contribution in [0.4, 0.5) is 24.5 Å². The Hall–Kier alpha value is -5.56. The molecule has 2 aliphatic heterocycles. The number of nitrogens with zero attached hydrogens (tertiary/aromatic N) is 2. The summed E-state index contributed by atoms with van der Waals surface area (Å²) < 4.78 is 45.6. The van der Waals surface area contributed by atoms with Crippen molar-refractivity contribution in [2.24, 2.45) is 11.8 Å². The van der Waals surface area contributed by atoms with Gasteiger partial charge < -0.3 is 9.84 Å². The Balaban J connectivity index is 1.43. The van der Waals surface area contributed by atoms with E-state index in [-0.39, 0.29) is 23.6 Å². The van der Waals surface area contributed by atoms with Crippen molar-refractivity contribution < 1.29 is 42.3 Å². The lowest BCUT2D eigenvalue weighted by Crippen LogP contribution is -2.57. The van der Waals surface area contributed by atoms with E-state index in [0.717, 1.165) is 17.0 Å². The average molecular weight is 646 g/mol. The van der Waals surface area contributed by atoms with Gasteiger partial charge in [0, 0.05) is 24.6 Å². The average Bonchev–Trinajstić information content (AvgIpc) is 3.51. The number of ether oxygens (including phenoxy) is 1. The van der Waals surface area contributed by atoms with Crippen LogP contribution >= 0.6 is 0 Å². The summed E-state index contributed by atoms with van der Waals surface area (Å²) in [5.74, 6) is -5.30. The van der Waals surface area contributed by atoms with Gasteiger partial charge in [-0.1, -0.05) is 48.5 Å². The smallest absolute Gasteiger partial charge is 0.416 e. The molecule has 2 fully saturated rings. The summed E-state index contributed by atoms with van der Waals surface area (Å²) in [7, 11) is 0. The second kappa shape index (κ2) is 11.7. The number of carbonyl (C=O) groups is 3. The van der Waals surface area contributed by atoms with E-state index < -0.39 is 57.9 Å². The van der Waals surface area contributed by atoms with E-state index in [1.807, 2.05) is 0 Å². The fourth-order valence-electron chi connectivity index (χ4n) is 6.48. The van der Waals surface area contributed by atoms with Crippen molar-refractivity contribution >= 4 is 29.2 Å². The van der Waals surface area contributed by atoms with Gasteiger partial charge in [0.2, 0.25) is 11.8 Å². The number of nitro benzene ring substituents is 1. The minimum Gasteiger partial charge on any atom is -0.480 e. The minimum absolute atomic E-state index is 0.0925. The Morgan fingerprint density at radius 1 is 0.957 bits per heavy atom. The molecule has 4 aromatic carbocycles. The maximum Gasteiger partial charge on any atom is 0.416 e. The molecule has 47 heavy (non-hydrogen) atoms. The minimum atomic E-state index is -4.59. The first kappa shape index (κ1) is 31.4. The highest BCUT2D eigenvalue weighted by Crippen LogP contribution is 2.51. The maximum absolute atomic E-state index is 14.2. The number of carboxylic acid groups (broad SMARTS) is 1. The molecule has 0 aromatic heterocycles. The molecule has 0 saturated carbocycles. The van der Waals surface area contributed by atoms with E-state index in [1.165, 1.54) is 48.5 Å². The largest absolute Gasteiger partial charge is 0.480 e. The fourth-order valence-corrected chi connectivity index (χ4v) is 6.48. The van der Waals surface area contributed by atoms with Gasteiger partial charge in [-0.05, 0) is 60.0 Å². The third-order valence-corrected chi connectivity index (χ3v) is 8.64. The molecular weight excluding hydrogens is 619 g/mol. The van der Waals surface area contributed by atoms with E-state index in [0.29, 0.717) is 22.4 Å². The Morgan fingerprint density at radius 2 is 1.62 bits per heavy atom. The van der Waals surface area contributed by atoms with Crippen LogP contribution < -0.4 is 15.0 Å². The zero-order valence-corrected chi connectivity index (χ0v) is 24.6. The van der Waals surface area contributed by atoms with Crippen LogP contribution in [0.2, 0.25) is 0 Å². The molecule has 2 N–H and O–H groups in total. The van der Waals surface area contributed by atoms with Crippen LogP contribution in [0, 0.1) is 28.9 Å². The van der Waals surface area contributed by atoms with Gasteiger partial charge in [-0.25, -0.2) is 4.90 Å². The van der Waals surface area contributed by atoms with E-state index in [1.54, 1.807) is 43.3 Å². The number of para-hydroxylation sites is 1. The molecule has 240 valence electrons. The fraction of sp³-hybridized carbons (Fsp3) is 0.206. The summed E-state index contributed by atoms with van der Waals surface area (Å²) in [6, 6.07) is 21.4. The van der Waals surface area contributed by atoms with E-state index in [4.69, 9.17) is 4.74 Å². The number of rotatable bonds is 8. The molecule has 0 spiro atoms. The number of nitro groups is 1. The lowest BCUT2D eigenvalue weighted by Gasteiger charge is -2.31. The molecule has 10 nitrogen and oxygen atoms in total. The lowest BCUT2D eigenvalue weighted by atomic mass is 9.76. The molecule has 2 heterocycles. The number of carboxylic acids is 1. The molecule has 13 heteroatoms. The number of carbonyl (C=O) groups excluding carboxylic acids is 2. The van der Waals surface area contributed by atoms with E-state index >= 15 is 0 Å². The number of alkyl halides is 3. The summed E-state index contributed by atoms with van der Waals surface area (Å²) in [5, 5.41) is 25.0. The standard InChI is InChI=1S/C34H26F3N3O7/c1-19-6-2-3-11-26(19)39-30(41)27-28(31(39)42)33(32(43)44,18-20-12-14-23(15-13-20)40(45)46)38-29(27)21-7-4-9-24(16-21)47-25-10-5-8-22(17-25)34(35,36)37/h2-17,27-29,38H,18H2,1H3,(H,43,44). The van der Waals surface area contributed by atoms with Crippen LogP contribution in [0.5, 0.6) is 11.5 Å². The quantitative estimate of drug-likeness (QED) is 0.131. The molecule has 4 aromatic rings. The lowest BCUT2D eigenvalue weighted by molar-refractivity contribution is -0.384. The van der Waals surface area contributed by atoms with Gasteiger partial charge in [0.25, 0.3) is 5.69 Å². The van der Waals surface area contributed by atoms with Crippen molar-refractivity contribution in [2.45, 2.75) is 31.1 Å². The van der Waals surface area contributed by atoms with Crippen LogP contribution in [0.3, 0.4) is 0 Å². The monoisotopic (exact) mass is 645 g/mol. The molecule has 0 radical (unpaired) electrons. The third-order valence-electron chi connectivity index (χ3n) is 8.64. The highest BCUT2D eigenvalue weighted by atomic mass is 19.4. The number of non-ortho nitro benzene ring substituents is 1. The van der Waals surface area contributed by atoms with Gasteiger partial charge in [-0.3, -0.25) is 29.8 Å². The first-order valence-electron chi connectivity index (χ1n) is 14.4. The molecule has 0 bridgehead atoms. The first-order valence-corrected chi connectivity index (χ1v) is 14.4. The number of fused-ring (bicyclic) bond motifs is 1. The number of imide groups is 1. The topological polar surface area (TPSA) is 139 Å². The highest BCUT2D eigenvalue weighted by Gasteiger charge is 2.68. The molecule has 2 saturated heterocycles. The summed E-state index contributed by atoms with van der Waals surface area (Å²) in [6.45, 7) is 1.72. The van der Waals surface area contributed by atoms with Gasteiger partial charge in [0.15, 0.2) is 0 Å². The third kappa shape index (κ3) is 5.58. The maximum atomic E-state index is 14.2. The number of hydrogen-bond donors (Lipinski definition) is 2. The number of halogens is 3. The van der Waals surface area contributed by atoms with E-state index in [9.17, 15) is 42.8 Å². The summed E-state index contributed by atoms with van der Waals surface area (Å²) in [5.41, 5.74) is -1.46. The van der Waals surface area contributed by atoms with Gasteiger partial charge in [0.05, 0.1) is 28.0 Å². The number of aliphatic carboxylic acids is 1. The van der Waals surface area contributed by atoms with Gasteiger partial charge in [0.1, 0.15) is 17.0 Å². The molecule has 2 aliphatic rings. The highest BCUT2D eigenvalue weighted by molar-refractivity contribution is 6.24. The number of aryl methyl sites for hydroxylation is 1. The van der Waals surface area contributed by atoms with Gasteiger partial charge in [-0.2, -0.15) is 13.2 Å². The number of amides is 2. The van der Waals surface area contributed by atoms with Crippen molar-refractivity contribution in [1.82, 2.24) is 5.32 Å².